The molecule has 140 valence electrons. The van der Waals surface area contributed by atoms with E-state index in [-0.39, 0.29) is 17.3 Å². The van der Waals surface area contributed by atoms with E-state index >= 15 is 0 Å². The molecule has 0 radical (unpaired) electrons. The minimum Gasteiger partial charge on any atom is -0.354 e. The van der Waals surface area contributed by atoms with Crippen molar-refractivity contribution < 1.29 is 13.2 Å². The first kappa shape index (κ1) is 20.9. The Morgan fingerprint density at radius 3 is 2.46 bits per heavy atom. The van der Waals surface area contributed by atoms with Crippen LogP contribution in [0.4, 0.5) is 5.69 Å². The summed E-state index contributed by atoms with van der Waals surface area (Å²) in [5.74, 6) is 0.270. The van der Waals surface area contributed by atoms with E-state index in [0.29, 0.717) is 17.3 Å². The topological polar surface area (TPSA) is 66.5 Å². The van der Waals surface area contributed by atoms with Crippen LogP contribution in [0.25, 0.3) is 0 Å². The number of rotatable bonds is 8. The molecule has 0 aromatic heterocycles. The summed E-state index contributed by atoms with van der Waals surface area (Å²) in [6.45, 7) is 0.0700. The molecule has 26 heavy (non-hydrogen) atoms. The first-order chi connectivity index (χ1) is 12.3. The monoisotopic (exact) mass is 432 g/mol. The Kier molecular flexibility index (Phi) is 7.64. The molecule has 2 aromatic rings. The zero-order chi connectivity index (χ0) is 19.2. The van der Waals surface area contributed by atoms with Crippen LogP contribution in [0.15, 0.2) is 53.4 Å². The van der Waals surface area contributed by atoms with E-state index in [0.717, 1.165) is 15.5 Å². The standard InChI is InChI=1S/C17H18Cl2N2O3S2/c1-26(23,24)21(16-8-7-13(18)11-15(16)19)12-17(22)20-9-10-25-14-5-3-2-4-6-14/h2-8,11H,9-10,12H2,1H3,(H,20,22). The normalized spacial score (nSPS) is 11.2. The molecule has 0 aliphatic carbocycles. The molecule has 2 rings (SSSR count). The van der Waals surface area contributed by atoms with Gasteiger partial charge in [-0.15, -0.1) is 11.8 Å². The van der Waals surface area contributed by atoms with Crippen LogP contribution >= 0.6 is 35.0 Å². The fourth-order valence-electron chi connectivity index (χ4n) is 2.13. The van der Waals surface area contributed by atoms with Gasteiger partial charge in [-0.25, -0.2) is 8.42 Å². The van der Waals surface area contributed by atoms with Crippen molar-refractivity contribution in [1.82, 2.24) is 5.32 Å². The lowest BCUT2D eigenvalue weighted by atomic mass is 10.3. The van der Waals surface area contributed by atoms with Crippen molar-refractivity contribution in [1.29, 1.82) is 0 Å². The molecule has 5 nitrogen and oxygen atoms in total. The molecule has 0 saturated heterocycles. The third-order valence-electron chi connectivity index (χ3n) is 3.30. The van der Waals surface area contributed by atoms with Gasteiger partial charge in [-0.05, 0) is 30.3 Å². The highest BCUT2D eigenvalue weighted by molar-refractivity contribution is 7.99. The van der Waals surface area contributed by atoms with E-state index in [1.54, 1.807) is 11.8 Å². The van der Waals surface area contributed by atoms with E-state index in [9.17, 15) is 13.2 Å². The molecule has 1 amide bonds. The van der Waals surface area contributed by atoms with Crippen LogP contribution in [-0.4, -0.2) is 39.4 Å². The molecule has 0 saturated carbocycles. The van der Waals surface area contributed by atoms with Gasteiger partial charge < -0.3 is 5.32 Å². The Bertz CT molecular complexity index is 862. The van der Waals surface area contributed by atoms with Crippen LogP contribution in [0.5, 0.6) is 0 Å². The van der Waals surface area contributed by atoms with Crippen molar-refractivity contribution in [3.8, 4) is 0 Å². The van der Waals surface area contributed by atoms with Gasteiger partial charge in [0.15, 0.2) is 0 Å². The summed E-state index contributed by atoms with van der Waals surface area (Å²) in [7, 11) is -3.68. The predicted octanol–water partition coefficient (Wildman–Crippen LogP) is 3.67. The molecule has 2 aromatic carbocycles. The van der Waals surface area contributed by atoms with Crippen molar-refractivity contribution >= 4 is 56.6 Å². The van der Waals surface area contributed by atoms with Gasteiger partial charge in [-0.2, -0.15) is 0 Å². The summed E-state index contributed by atoms with van der Waals surface area (Å²) in [6, 6.07) is 14.2. The molecular formula is C17H18Cl2N2O3S2. The second-order valence-corrected chi connectivity index (χ2v) is 9.30. The molecule has 0 heterocycles. The average Bonchev–Trinajstić information content (AvgIpc) is 2.57. The summed E-state index contributed by atoms with van der Waals surface area (Å²) in [5, 5.41) is 3.27. The van der Waals surface area contributed by atoms with Crippen LogP contribution in [0.3, 0.4) is 0 Å². The third kappa shape index (κ3) is 6.39. The highest BCUT2D eigenvalue weighted by atomic mass is 35.5. The van der Waals surface area contributed by atoms with Gasteiger partial charge >= 0.3 is 0 Å². The largest absolute Gasteiger partial charge is 0.354 e. The SMILES string of the molecule is CS(=O)(=O)N(CC(=O)NCCSc1ccccc1)c1ccc(Cl)cc1Cl. The van der Waals surface area contributed by atoms with Gasteiger partial charge in [0.05, 0.1) is 17.0 Å². The van der Waals surface area contributed by atoms with Crippen molar-refractivity contribution in [2.24, 2.45) is 0 Å². The van der Waals surface area contributed by atoms with E-state index in [1.165, 1.54) is 18.2 Å². The van der Waals surface area contributed by atoms with Gasteiger partial charge in [0, 0.05) is 22.2 Å². The zero-order valence-electron chi connectivity index (χ0n) is 14.0. The number of anilines is 1. The Labute approximate surface area is 167 Å². The summed E-state index contributed by atoms with van der Waals surface area (Å²) in [5.41, 5.74) is 0.215. The molecule has 1 N–H and O–H groups in total. The second-order valence-electron chi connectivity index (χ2n) is 5.38. The number of thioether (sulfide) groups is 1. The number of halogens is 2. The average molecular weight is 433 g/mol. The molecule has 0 aliphatic rings. The maximum Gasteiger partial charge on any atom is 0.240 e. The maximum atomic E-state index is 12.2. The van der Waals surface area contributed by atoms with Crippen molar-refractivity contribution in [3.63, 3.8) is 0 Å². The quantitative estimate of drug-likeness (QED) is 0.510. The number of carbonyl (C=O) groups excluding carboxylic acids is 1. The molecular weight excluding hydrogens is 415 g/mol. The van der Waals surface area contributed by atoms with Crippen LogP contribution in [0.2, 0.25) is 10.0 Å². The molecule has 9 heteroatoms. The molecule has 0 bridgehead atoms. The Morgan fingerprint density at radius 2 is 1.85 bits per heavy atom. The number of benzene rings is 2. The van der Waals surface area contributed by atoms with Gasteiger partial charge in [0.25, 0.3) is 0 Å². The van der Waals surface area contributed by atoms with Gasteiger partial charge in [0.2, 0.25) is 15.9 Å². The lowest BCUT2D eigenvalue weighted by Gasteiger charge is -2.23. The Hall–Kier alpha value is -1.41. The number of amides is 1. The summed E-state index contributed by atoms with van der Waals surface area (Å²) < 4.78 is 25.1. The maximum absolute atomic E-state index is 12.2. The molecule has 0 unspecified atom stereocenters. The first-order valence-corrected chi connectivity index (χ1v) is 11.2. The van der Waals surface area contributed by atoms with Crippen molar-refractivity contribution in [2.75, 3.05) is 29.4 Å². The minimum atomic E-state index is -3.68. The smallest absolute Gasteiger partial charge is 0.240 e. The molecule has 0 spiro atoms. The summed E-state index contributed by atoms with van der Waals surface area (Å²) >= 11 is 13.5. The lowest BCUT2D eigenvalue weighted by molar-refractivity contribution is -0.119. The summed E-state index contributed by atoms with van der Waals surface area (Å²) in [4.78, 5) is 13.3. The van der Waals surface area contributed by atoms with E-state index in [2.05, 4.69) is 5.32 Å². The molecule has 0 atom stereocenters. The second kappa shape index (κ2) is 9.50. The minimum absolute atomic E-state index is 0.162. The Morgan fingerprint density at radius 1 is 1.15 bits per heavy atom. The third-order valence-corrected chi connectivity index (χ3v) is 5.98. The van der Waals surface area contributed by atoms with Gasteiger partial charge in [-0.3, -0.25) is 9.10 Å². The first-order valence-electron chi connectivity index (χ1n) is 7.64. The van der Waals surface area contributed by atoms with Crippen LogP contribution in [0, 0.1) is 0 Å². The molecule has 0 fully saturated rings. The number of hydrogen-bond acceptors (Lipinski definition) is 4. The zero-order valence-corrected chi connectivity index (χ0v) is 17.1. The van der Waals surface area contributed by atoms with Crippen molar-refractivity contribution in [3.05, 3.63) is 58.6 Å². The fraction of sp³-hybridized carbons (Fsp3) is 0.235. The van der Waals surface area contributed by atoms with Gasteiger partial charge in [0.1, 0.15) is 6.54 Å². The van der Waals surface area contributed by atoms with E-state index < -0.39 is 15.9 Å². The number of carbonyl (C=O) groups is 1. The van der Waals surface area contributed by atoms with Crippen molar-refractivity contribution in [2.45, 2.75) is 4.90 Å². The van der Waals surface area contributed by atoms with Crippen LogP contribution in [0.1, 0.15) is 0 Å². The van der Waals surface area contributed by atoms with Crippen LogP contribution < -0.4 is 9.62 Å². The molecule has 0 aliphatic heterocycles. The van der Waals surface area contributed by atoms with E-state index in [1.807, 2.05) is 30.3 Å². The van der Waals surface area contributed by atoms with Crippen LogP contribution in [-0.2, 0) is 14.8 Å². The highest BCUT2D eigenvalue weighted by Crippen LogP contribution is 2.30. The predicted molar refractivity (Wildman–Crippen MR) is 109 cm³/mol. The lowest BCUT2D eigenvalue weighted by Crippen LogP contribution is -2.41. The van der Waals surface area contributed by atoms with Gasteiger partial charge in [-0.1, -0.05) is 41.4 Å². The number of nitrogens with one attached hydrogen (secondary N) is 1. The fourth-order valence-corrected chi connectivity index (χ4v) is 4.35. The van der Waals surface area contributed by atoms with E-state index in [4.69, 9.17) is 23.2 Å². The number of nitrogens with zero attached hydrogens (tertiary/aromatic N) is 1. The summed E-state index contributed by atoms with van der Waals surface area (Å²) in [6.07, 6.45) is 1.02. The number of sulfonamides is 1. The number of hydrogen-bond donors (Lipinski definition) is 1. The highest BCUT2D eigenvalue weighted by Gasteiger charge is 2.23. The Balaban J connectivity index is 1.94.